The van der Waals surface area contributed by atoms with Crippen LogP contribution in [0.3, 0.4) is 0 Å². The van der Waals surface area contributed by atoms with Gasteiger partial charge in [-0.15, -0.1) is 0 Å². The SMILES string of the molecule is O=C(CC[C@H](COCc1ccccc1)CC(=O)[C@H](Cc1ccccc1)NC(=O)N1CCOCC1)NCc1ccccc1. The van der Waals surface area contributed by atoms with E-state index < -0.39 is 6.04 Å². The van der Waals surface area contributed by atoms with Crippen molar-refractivity contribution in [1.29, 1.82) is 0 Å². The molecule has 0 unspecified atom stereocenters. The number of amides is 3. The average Bonchev–Trinajstić information content (AvgIpc) is 3.04. The van der Waals surface area contributed by atoms with Crippen LogP contribution in [0.2, 0.25) is 0 Å². The Morgan fingerprint density at radius 2 is 1.40 bits per heavy atom. The third-order valence-corrected chi connectivity index (χ3v) is 7.33. The van der Waals surface area contributed by atoms with Crippen molar-refractivity contribution in [1.82, 2.24) is 15.5 Å². The summed E-state index contributed by atoms with van der Waals surface area (Å²) >= 11 is 0. The van der Waals surface area contributed by atoms with Gasteiger partial charge in [-0.3, -0.25) is 9.59 Å². The van der Waals surface area contributed by atoms with Crippen molar-refractivity contribution in [3.63, 3.8) is 0 Å². The number of hydrogen-bond acceptors (Lipinski definition) is 5. The zero-order valence-electron chi connectivity index (χ0n) is 24.1. The molecule has 1 aliphatic rings. The van der Waals surface area contributed by atoms with Gasteiger partial charge in [-0.25, -0.2) is 4.79 Å². The first-order chi connectivity index (χ1) is 20.6. The fraction of sp³-hybridized carbons (Fsp3) is 0.382. The molecule has 1 aliphatic heterocycles. The molecular weight excluding hydrogens is 530 g/mol. The molecule has 0 aliphatic carbocycles. The predicted octanol–water partition coefficient (Wildman–Crippen LogP) is 4.53. The predicted molar refractivity (Wildman–Crippen MR) is 162 cm³/mol. The molecular formula is C34H41N3O5. The second kappa shape index (κ2) is 17.1. The van der Waals surface area contributed by atoms with Crippen LogP contribution in [0.25, 0.3) is 0 Å². The van der Waals surface area contributed by atoms with E-state index in [1.54, 1.807) is 4.90 Å². The van der Waals surface area contributed by atoms with Crippen LogP contribution in [0.5, 0.6) is 0 Å². The van der Waals surface area contributed by atoms with Crippen LogP contribution in [0.15, 0.2) is 91.0 Å². The van der Waals surface area contributed by atoms with Crippen molar-refractivity contribution in [3.8, 4) is 0 Å². The van der Waals surface area contributed by atoms with Crippen molar-refractivity contribution in [2.45, 2.75) is 44.9 Å². The van der Waals surface area contributed by atoms with Crippen molar-refractivity contribution in [2.75, 3.05) is 32.9 Å². The molecule has 2 atom stereocenters. The highest BCUT2D eigenvalue weighted by Crippen LogP contribution is 2.17. The molecule has 8 nitrogen and oxygen atoms in total. The van der Waals surface area contributed by atoms with Gasteiger partial charge in [-0.2, -0.15) is 0 Å². The molecule has 4 rings (SSSR count). The highest BCUT2D eigenvalue weighted by Gasteiger charge is 2.27. The number of nitrogens with zero attached hydrogens (tertiary/aromatic N) is 1. The Morgan fingerprint density at radius 3 is 2.05 bits per heavy atom. The number of ether oxygens (including phenoxy) is 2. The number of urea groups is 1. The number of benzene rings is 3. The number of hydrogen-bond donors (Lipinski definition) is 2. The molecule has 3 amide bonds. The lowest BCUT2D eigenvalue weighted by Gasteiger charge is -2.29. The summed E-state index contributed by atoms with van der Waals surface area (Å²) in [6.45, 7) is 3.17. The molecule has 1 saturated heterocycles. The number of nitrogens with one attached hydrogen (secondary N) is 2. The van der Waals surface area contributed by atoms with E-state index in [-0.39, 0.29) is 36.5 Å². The van der Waals surface area contributed by atoms with Gasteiger partial charge in [0.25, 0.3) is 0 Å². The zero-order valence-corrected chi connectivity index (χ0v) is 24.1. The third kappa shape index (κ3) is 10.8. The summed E-state index contributed by atoms with van der Waals surface area (Å²) in [5, 5.41) is 5.96. The van der Waals surface area contributed by atoms with Crippen molar-refractivity contribution in [3.05, 3.63) is 108 Å². The number of carbonyl (C=O) groups excluding carboxylic acids is 3. The Labute approximate surface area is 248 Å². The lowest BCUT2D eigenvalue weighted by Crippen LogP contribution is -2.52. The molecule has 0 bridgehead atoms. The smallest absolute Gasteiger partial charge is 0.318 e. The lowest BCUT2D eigenvalue weighted by molar-refractivity contribution is -0.124. The summed E-state index contributed by atoms with van der Waals surface area (Å²) in [7, 11) is 0. The van der Waals surface area contributed by atoms with Crippen molar-refractivity contribution >= 4 is 17.7 Å². The van der Waals surface area contributed by atoms with Crippen LogP contribution >= 0.6 is 0 Å². The van der Waals surface area contributed by atoms with Crippen LogP contribution < -0.4 is 10.6 Å². The van der Waals surface area contributed by atoms with E-state index in [9.17, 15) is 14.4 Å². The van der Waals surface area contributed by atoms with Crippen molar-refractivity contribution in [2.24, 2.45) is 5.92 Å². The fourth-order valence-corrected chi connectivity index (χ4v) is 4.91. The second-order valence-electron chi connectivity index (χ2n) is 10.6. The van der Waals surface area contributed by atoms with E-state index in [1.807, 2.05) is 91.0 Å². The lowest BCUT2D eigenvalue weighted by atomic mass is 9.92. The molecule has 2 N–H and O–H groups in total. The molecule has 0 aromatic heterocycles. The maximum Gasteiger partial charge on any atom is 0.318 e. The Morgan fingerprint density at radius 1 is 0.810 bits per heavy atom. The molecule has 0 radical (unpaired) electrons. The molecule has 8 heteroatoms. The van der Waals surface area contributed by atoms with E-state index in [4.69, 9.17) is 9.47 Å². The maximum absolute atomic E-state index is 13.8. The average molecular weight is 572 g/mol. The van der Waals surface area contributed by atoms with Crippen LogP contribution in [0, 0.1) is 5.92 Å². The van der Waals surface area contributed by atoms with Gasteiger partial charge in [0.05, 0.1) is 32.5 Å². The zero-order chi connectivity index (χ0) is 29.4. The van der Waals surface area contributed by atoms with Gasteiger partial charge in [-0.1, -0.05) is 91.0 Å². The first-order valence-electron chi connectivity index (χ1n) is 14.7. The number of carbonyl (C=O) groups is 3. The first-order valence-corrected chi connectivity index (χ1v) is 14.7. The Hall–Kier alpha value is -4.01. The number of rotatable bonds is 15. The quantitative estimate of drug-likeness (QED) is 0.280. The molecule has 42 heavy (non-hydrogen) atoms. The fourth-order valence-electron chi connectivity index (χ4n) is 4.91. The number of ketones is 1. The highest BCUT2D eigenvalue weighted by molar-refractivity contribution is 5.89. The monoisotopic (exact) mass is 571 g/mol. The summed E-state index contributed by atoms with van der Waals surface area (Å²) in [5.74, 6) is -0.318. The van der Waals surface area contributed by atoms with Crippen LogP contribution in [0.1, 0.15) is 36.0 Å². The van der Waals surface area contributed by atoms with Gasteiger partial charge in [0, 0.05) is 32.5 Å². The van der Waals surface area contributed by atoms with Crippen LogP contribution in [-0.4, -0.2) is 61.6 Å². The van der Waals surface area contributed by atoms with Gasteiger partial charge < -0.3 is 25.0 Å². The normalized spacial score (nSPS) is 14.5. The second-order valence-corrected chi connectivity index (χ2v) is 10.6. The molecule has 1 heterocycles. The van der Waals surface area contributed by atoms with E-state index in [0.29, 0.717) is 58.9 Å². The van der Waals surface area contributed by atoms with Crippen LogP contribution in [0.4, 0.5) is 4.79 Å². The van der Waals surface area contributed by atoms with E-state index in [1.165, 1.54) is 0 Å². The van der Waals surface area contributed by atoms with E-state index >= 15 is 0 Å². The summed E-state index contributed by atoms with van der Waals surface area (Å²) in [5.41, 5.74) is 3.04. The van der Waals surface area contributed by atoms with Gasteiger partial charge >= 0.3 is 6.03 Å². The third-order valence-electron chi connectivity index (χ3n) is 7.33. The number of Topliss-reactive ketones (excluding diaryl/α,β-unsaturated/α-hetero) is 1. The summed E-state index contributed by atoms with van der Waals surface area (Å²) in [6.07, 6.45) is 1.37. The van der Waals surface area contributed by atoms with E-state index in [0.717, 1.165) is 16.7 Å². The molecule has 0 spiro atoms. The minimum atomic E-state index is -0.689. The highest BCUT2D eigenvalue weighted by atomic mass is 16.5. The number of morpholine rings is 1. The van der Waals surface area contributed by atoms with Gasteiger partial charge in [0.2, 0.25) is 5.91 Å². The largest absolute Gasteiger partial charge is 0.378 e. The first kappa shape index (κ1) is 30.9. The molecule has 222 valence electrons. The molecule has 0 saturated carbocycles. The molecule has 1 fully saturated rings. The van der Waals surface area contributed by atoms with Crippen molar-refractivity contribution < 1.29 is 23.9 Å². The minimum Gasteiger partial charge on any atom is -0.378 e. The summed E-state index contributed by atoms with van der Waals surface area (Å²) in [4.78, 5) is 41.2. The van der Waals surface area contributed by atoms with Gasteiger partial charge in [0.15, 0.2) is 5.78 Å². The van der Waals surface area contributed by atoms with Gasteiger partial charge in [-0.05, 0) is 35.4 Å². The van der Waals surface area contributed by atoms with E-state index in [2.05, 4.69) is 10.6 Å². The van der Waals surface area contributed by atoms with Gasteiger partial charge in [0.1, 0.15) is 0 Å². The standard InChI is InChI=1S/C34H41N3O5/c38-32(31(22-27-10-4-1-5-11-27)36-34(40)37-18-20-41-21-19-37)23-30(26-42-25-29-14-8-3-9-15-29)16-17-33(39)35-24-28-12-6-2-7-13-28/h1-15,30-31H,16-26H2,(H,35,39)(H,36,40)/t30-,31-/m0/s1. The minimum absolute atomic E-state index is 0.0687. The van der Waals surface area contributed by atoms with Crippen LogP contribution in [-0.2, 0) is 38.6 Å². The Balaban J connectivity index is 1.39. The Kier molecular flexibility index (Phi) is 12.6. The molecule has 3 aromatic rings. The summed E-state index contributed by atoms with van der Waals surface area (Å²) < 4.78 is 11.4. The topological polar surface area (TPSA) is 97.0 Å². The summed E-state index contributed by atoms with van der Waals surface area (Å²) in [6, 6.07) is 28.4. The maximum atomic E-state index is 13.8. The molecule has 3 aromatic carbocycles. The Bertz CT molecular complexity index is 1230.